The van der Waals surface area contributed by atoms with Crippen LogP contribution >= 0.6 is 0 Å². The number of pyridine rings is 1. The first-order chi connectivity index (χ1) is 14.6. The summed E-state index contributed by atoms with van der Waals surface area (Å²) in [5.74, 6) is -0.105. The molecular formula is C21H27N5O4. The molecular weight excluding hydrogens is 386 g/mol. The Labute approximate surface area is 175 Å². The highest BCUT2D eigenvalue weighted by Gasteiger charge is 2.18. The molecule has 1 amide bonds. The van der Waals surface area contributed by atoms with E-state index in [-0.39, 0.29) is 18.1 Å². The van der Waals surface area contributed by atoms with Gasteiger partial charge in [0.05, 0.1) is 24.7 Å². The van der Waals surface area contributed by atoms with Crippen LogP contribution in [0.1, 0.15) is 12.0 Å². The van der Waals surface area contributed by atoms with Crippen LogP contribution in [0, 0.1) is 10.1 Å². The van der Waals surface area contributed by atoms with Crippen LogP contribution in [0.3, 0.4) is 0 Å². The van der Waals surface area contributed by atoms with E-state index in [2.05, 4.69) is 15.2 Å². The molecule has 0 radical (unpaired) electrons. The number of morpholine rings is 1. The molecule has 1 aromatic heterocycles. The SMILES string of the molecule is O=C(CNc1ccccc1[N+](=O)[O-])N(CCCN1CCOCC1)Cc1ccncc1. The summed E-state index contributed by atoms with van der Waals surface area (Å²) in [4.78, 5) is 31.8. The van der Waals surface area contributed by atoms with Crippen molar-refractivity contribution < 1.29 is 14.5 Å². The van der Waals surface area contributed by atoms with Gasteiger partial charge in [0.15, 0.2) is 0 Å². The molecule has 0 atom stereocenters. The highest BCUT2D eigenvalue weighted by atomic mass is 16.6. The summed E-state index contributed by atoms with van der Waals surface area (Å²) in [5, 5.41) is 14.1. The predicted octanol–water partition coefficient (Wildman–Crippen LogP) is 2.15. The zero-order valence-corrected chi connectivity index (χ0v) is 16.9. The summed E-state index contributed by atoms with van der Waals surface area (Å²) in [5.41, 5.74) is 1.29. The maximum absolute atomic E-state index is 12.9. The van der Waals surface area contributed by atoms with Gasteiger partial charge < -0.3 is 15.0 Å². The first-order valence-electron chi connectivity index (χ1n) is 10.1. The maximum atomic E-state index is 12.9. The van der Waals surface area contributed by atoms with E-state index in [0.29, 0.717) is 18.8 Å². The number of aromatic nitrogens is 1. The zero-order chi connectivity index (χ0) is 21.2. The minimum absolute atomic E-state index is 0.00646. The number of ether oxygens (including phenoxy) is 1. The summed E-state index contributed by atoms with van der Waals surface area (Å²) in [6.07, 6.45) is 4.26. The third kappa shape index (κ3) is 6.50. The second kappa shape index (κ2) is 11.2. The van der Waals surface area contributed by atoms with Crippen molar-refractivity contribution in [3.63, 3.8) is 0 Å². The van der Waals surface area contributed by atoms with Gasteiger partial charge in [-0.15, -0.1) is 0 Å². The van der Waals surface area contributed by atoms with Crippen LogP contribution in [0.4, 0.5) is 11.4 Å². The topological polar surface area (TPSA) is 101 Å². The van der Waals surface area contributed by atoms with Gasteiger partial charge in [-0.2, -0.15) is 0 Å². The van der Waals surface area contributed by atoms with Crippen molar-refractivity contribution in [1.82, 2.24) is 14.8 Å². The van der Waals surface area contributed by atoms with Crippen LogP contribution in [0.5, 0.6) is 0 Å². The van der Waals surface area contributed by atoms with Crippen LogP contribution in [0.2, 0.25) is 0 Å². The zero-order valence-electron chi connectivity index (χ0n) is 16.9. The van der Waals surface area contributed by atoms with E-state index in [1.807, 2.05) is 12.1 Å². The Morgan fingerprint density at radius 1 is 1.20 bits per heavy atom. The summed E-state index contributed by atoms with van der Waals surface area (Å²) >= 11 is 0. The summed E-state index contributed by atoms with van der Waals surface area (Å²) < 4.78 is 5.38. The molecule has 1 aromatic carbocycles. The second-order valence-corrected chi connectivity index (χ2v) is 7.11. The van der Waals surface area contributed by atoms with Gasteiger partial charge in [-0.25, -0.2) is 0 Å². The molecule has 1 saturated heterocycles. The Hall–Kier alpha value is -3.04. The lowest BCUT2D eigenvalue weighted by Gasteiger charge is -2.28. The smallest absolute Gasteiger partial charge is 0.292 e. The fourth-order valence-electron chi connectivity index (χ4n) is 3.38. The van der Waals surface area contributed by atoms with Crippen molar-refractivity contribution in [2.75, 3.05) is 51.3 Å². The molecule has 0 spiro atoms. The van der Waals surface area contributed by atoms with Crippen molar-refractivity contribution in [3.8, 4) is 0 Å². The molecule has 1 aliphatic heterocycles. The first-order valence-corrected chi connectivity index (χ1v) is 10.1. The van der Waals surface area contributed by atoms with Crippen molar-refractivity contribution in [2.24, 2.45) is 0 Å². The number of carbonyl (C=O) groups is 1. The van der Waals surface area contributed by atoms with E-state index in [1.54, 1.807) is 35.5 Å². The molecule has 0 bridgehead atoms. The lowest BCUT2D eigenvalue weighted by atomic mass is 10.2. The number of hydrogen-bond acceptors (Lipinski definition) is 7. The van der Waals surface area contributed by atoms with Gasteiger partial charge in [0.2, 0.25) is 5.91 Å². The molecule has 2 heterocycles. The highest BCUT2D eigenvalue weighted by Crippen LogP contribution is 2.22. The average Bonchev–Trinajstić information content (AvgIpc) is 2.78. The molecule has 0 unspecified atom stereocenters. The minimum Gasteiger partial charge on any atom is -0.379 e. The summed E-state index contributed by atoms with van der Waals surface area (Å²) in [6, 6.07) is 10.1. The number of carbonyl (C=O) groups excluding carboxylic acids is 1. The van der Waals surface area contributed by atoms with E-state index in [9.17, 15) is 14.9 Å². The average molecular weight is 413 g/mol. The van der Waals surface area contributed by atoms with Crippen LogP contribution in [-0.4, -0.2) is 71.6 Å². The molecule has 0 aliphatic carbocycles. The molecule has 2 aromatic rings. The third-order valence-electron chi connectivity index (χ3n) is 5.01. The van der Waals surface area contributed by atoms with Crippen molar-refractivity contribution in [3.05, 3.63) is 64.5 Å². The number of nitrogens with zero attached hydrogens (tertiary/aromatic N) is 4. The number of amides is 1. The standard InChI is InChI=1S/C21H27N5O4/c27-21(16-23-19-4-1-2-5-20(19)26(28)29)25(17-18-6-8-22-9-7-18)11-3-10-24-12-14-30-15-13-24/h1-2,4-9,23H,3,10-17H2. The van der Waals surface area contributed by atoms with Gasteiger partial charge >= 0.3 is 0 Å². The van der Waals surface area contributed by atoms with E-state index >= 15 is 0 Å². The number of para-hydroxylation sites is 2. The number of benzene rings is 1. The van der Waals surface area contributed by atoms with Gasteiger partial charge in [0.1, 0.15) is 5.69 Å². The monoisotopic (exact) mass is 413 g/mol. The lowest BCUT2D eigenvalue weighted by molar-refractivity contribution is -0.383. The van der Waals surface area contributed by atoms with Crippen molar-refractivity contribution >= 4 is 17.3 Å². The second-order valence-electron chi connectivity index (χ2n) is 7.11. The molecule has 9 heteroatoms. The largest absolute Gasteiger partial charge is 0.379 e. The molecule has 1 N–H and O–H groups in total. The molecule has 1 aliphatic rings. The van der Waals surface area contributed by atoms with Gasteiger partial charge in [-0.1, -0.05) is 12.1 Å². The van der Waals surface area contributed by atoms with E-state index < -0.39 is 4.92 Å². The van der Waals surface area contributed by atoms with Crippen LogP contribution < -0.4 is 5.32 Å². The number of nitro benzene ring substituents is 1. The van der Waals surface area contributed by atoms with E-state index in [1.165, 1.54) is 6.07 Å². The number of hydrogen-bond donors (Lipinski definition) is 1. The highest BCUT2D eigenvalue weighted by molar-refractivity contribution is 5.81. The van der Waals surface area contributed by atoms with Gasteiger partial charge in [0.25, 0.3) is 5.69 Å². The Morgan fingerprint density at radius 3 is 2.67 bits per heavy atom. The Bertz CT molecular complexity index is 827. The number of nitro groups is 1. The number of nitrogens with one attached hydrogen (secondary N) is 1. The van der Waals surface area contributed by atoms with Crippen LogP contribution in [0.25, 0.3) is 0 Å². The fourth-order valence-corrected chi connectivity index (χ4v) is 3.38. The lowest BCUT2D eigenvalue weighted by Crippen LogP contribution is -2.40. The normalized spacial score (nSPS) is 14.3. The van der Waals surface area contributed by atoms with E-state index in [4.69, 9.17) is 4.74 Å². The van der Waals surface area contributed by atoms with Gasteiger partial charge in [0, 0.05) is 51.2 Å². The Morgan fingerprint density at radius 2 is 1.93 bits per heavy atom. The number of anilines is 1. The summed E-state index contributed by atoms with van der Waals surface area (Å²) in [6.45, 7) is 5.31. The summed E-state index contributed by atoms with van der Waals surface area (Å²) in [7, 11) is 0. The van der Waals surface area contributed by atoms with E-state index in [0.717, 1.165) is 44.8 Å². The molecule has 160 valence electrons. The van der Waals surface area contributed by atoms with Gasteiger partial charge in [-0.05, 0) is 30.2 Å². The van der Waals surface area contributed by atoms with Gasteiger partial charge in [-0.3, -0.25) is 24.8 Å². The first kappa shape index (κ1) is 21.7. The fraction of sp³-hybridized carbons (Fsp3) is 0.429. The molecule has 30 heavy (non-hydrogen) atoms. The predicted molar refractivity (Wildman–Crippen MR) is 113 cm³/mol. The quantitative estimate of drug-likeness (QED) is 0.470. The third-order valence-corrected chi connectivity index (χ3v) is 5.01. The van der Waals surface area contributed by atoms with Crippen molar-refractivity contribution in [1.29, 1.82) is 0 Å². The van der Waals surface area contributed by atoms with Crippen LogP contribution in [0.15, 0.2) is 48.8 Å². The Kier molecular flexibility index (Phi) is 8.10. The van der Waals surface area contributed by atoms with Crippen LogP contribution in [-0.2, 0) is 16.1 Å². The molecule has 9 nitrogen and oxygen atoms in total. The molecule has 1 fully saturated rings. The molecule has 0 saturated carbocycles. The number of rotatable bonds is 10. The minimum atomic E-state index is -0.454. The maximum Gasteiger partial charge on any atom is 0.292 e. The van der Waals surface area contributed by atoms with Crippen molar-refractivity contribution in [2.45, 2.75) is 13.0 Å². The Balaban J connectivity index is 1.59. The molecule has 3 rings (SSSR count).